The van der Waals surface area contributed by atoms with Crippen LogP contribution in [0.15, 0.2) is 28.3 Å². The predicted octanol–water partition coefficient (Wildman–Crippen LogP) is 2.19. The molecule has 0 bridgehead atoms. The average Bonchev–Trinajstić information content (AvgIpc) is 2.94. The lowest BCUT2D eigenvalue weighted by Gasteiger charge is -2.19. The van der Waals surface area contributed by atoms with Crippen LogP contribution in [0.3, 0.4) is 0 Å². The Morgan fingerprint density at radius 2 is 1.89 bits per heavy atom. The summed E-state index contributed by atoms with van der Waals surface area (Å²) < 4.78 is 28.6. The second-order valence-electron chi connectivity index (χ2n) is 5.99. The monoisotopic (exact) mass is 411 g/mol. The first kappa shape index (κ1) is 21.4. The Kier molecular flexibility index (Phi) is 7.01. The molecule has 0 radical (unpaired) electrons. The van der Waals surface area contributed by atoms with Crippen molar-refractivity contribution in [2.24, 2.45) is 7.05 Å². The summed E-state index contributed by atoms with van der Waals surface area (Å²) in [5, 5.41) is 11.4. The first-order chi connectivity index (χ1) is 12.7. The molecule has 0 spiro atoms. The lowest BCUT2D eigenvalue weighted by atomic mass is 10.2. The number of nitrogens with one attached hydrogen (secondary N) is 1. The number of anilines is 1. The van der Waals surface area contributed by atoms with Gasteiger partial charge in [0, 0.05) is 25.8 Å². The zero-order valence-corrected chi connectivity index (χ0v) is 17.8. The van der Waals surface area contributed by atoms with Gasteiger partial charge in [-0.3, -0.25) is 4.79 Å². The molecule has 2 rings (SSSR count). The number of sulfonamides is 1. The summed E-state index contributed by atoms with van der Waals surface area (Å²) in [7, 11) is -1.74. The molecule has 2 aromatic rings. The quantitative estimate of drug-likeness (QED) is 0.669. The molecule has 0 aliphatic carbocycles. The van der Waals surface area contributed by atoms with Gasteiger partial charge < -0.3 is 9.88 Å². The third-order valence-electron chi connectivity index (χ3n) is 4.21. The van der Waals surface area contributed by atoms with Crippen LogP contribution in [0.4, 0.5) is 5.69 Å². The molecule has 1 amide bonds. The fourth-order valence-corrected chi connectivity index (χ4v) is 4.68. The zero-order chi connectivity index (χ0) is 20.2. The molecule has 1 N–H and O–H groups in total. The van der Waals surface area contributed by atoms with E-state index in [1.165, 1.54) is 22.1 Å². The Hall–Kier alpha value is -1.91. The van der Waals surface area contributed by atoms with E-state index in [4.69, 9.17) is 0 Å². The van der Waals surface area contributed by atoms with Crippen molar-refractivity contribution in [2.75, 3.05) is 24.2 Å². The number of amides is 1. The minimum Gasteiger partial charge on any atom is -0.325 e. The van der Waals surface area contributed by atoms with Crippen LogP contribution in [-0.4, -0.2) is 52.2 Å². The van der Waals surface area contributed by atoms with Crippen molar-refractivity contribution < 1.29 is 13.2 Å². The smallest absolute Gasteiger partial charge is 0.243 e. The Morgan fingerprint density at radius 3 is 2.44 bits per heavy atom. The van der Waals surface area contributed by atoms with E-state index in [1.54, 1.807) is 30.5 Å². The van der Waals surface area contributed by atoms with Crippen LogP contribution in [-0.2, 0) is 21.9 Å². The van der Waals surface area contributed by atoms with Crippen LogP contribution in [0.1, 0.15) is 25.2 Å². The lowest BCUT2D eigenvalue weighted by molar-refractivity contribution is -0.113. The minimum absolute atomic E-state index is 0.151. The van der Waals surface area contributed by atoms with E-state index in [-0.39, 0.29) is 16.6 Å². The molecule has 0 aliphatic heterocycles. The van der Waals surface area contributed by atoms with E-state index in [0.29, 0.717) is 23.9 Å². The number of hydrogen-bond acceptors (Lipinski definition) is 6. The molecule has 0 saturated carbocycles. The Balaban J connectivity index is 2.14. The van der Waals surface area contributed by atoms with Crippen molar-refractivity contribution in [1.82, 2.24) is 19.1 Å². The number of rotatable bonds is 8. The van der Waals surface area contributed by atoms with E-state index in [0.717, 1.165) is 11.4 Å². The summed E-state index contributed by atoms with van der Waals surface area (Å²) in [5.74, 6) is 0.683. The van der Waals surface area contributed by atoms with E-state index in [2.05, 4.69) is 15.5 Å². The molecule has 1 heterocycles. The van der Waals surface area contributed by atoms with E-state index >= 15 is 0 Å². The number of aryl methyl sites for hydroxylation is 2. The first-order valence-electron chi connectivity index (χ1n) is 8.60. The Labute approximate surface area is 164 Å². The summed E-state index contributed by atoms with van der Waals surface area (Å²) >= 11 is 1.27. The van der Waals surface area contributed by atoms with Crippen LogP contribution < -0.4 is 5.32 Å². The van der Waals surface area contributed by atoms with Crippen molar-refractivity contribution in [3.05, 3.63) is 29.6 Å². The maximum absolute atomic E-state index is 12.7. The molecule has 0 fully saturated rings. The average molecular weight is 412 g/mol. The molecule has 8 nitrogen and oxygen atoms in total. The summed E-state index contributed by atoms with van der Waals surface area (Å²) in [6, 6.07) is 4.78. The number of carbonyl (C=O) groups excluding carboxylic acids is 1. The largest absolute Gasteiger partial charge is 0.325 e. The maximum Gasteiger partial charge on any atom is 0.243 e. The lowest BCUT2D eigenvalue weighted by Crippen LogP contribution is -2.30. The van der Waals surface area contributed by atoms with Crippen molar-refractivity contribution >= 4 is 33.4 Å². The van der Waals surface area contributed by atoms with Crippen LogP contribution in [0.2, 0.25) is 0 Å². The van der Waals surface area contributed by atoms with Gasteiger partial charge in [0.2, 0.25) is 15.9 Å². The van der Waals surface area contributed by atoms with E-state index in [9.17, 15) is 13.2 Å². The van der Waals surface area contributed by atoms with Gasteiger partial charge in [0.25, 0.3) is 0 Å². The molecule has 0 aliphatic rings. The highest BCUT2D eigenvalue weighted by molar-refractivity contribution is 7.99. The maximum atomic E-state index is 12.7. The molecule has 148 valence electrons. The minimum atomic E-state index is -3.58. The van der Waals surface area contributed by atoms with Crippen LogP contribution in [0.25, 0.3) is 0 Å². The molecule has 1 aromatic heterocycles. The Bertz CT molecular complexity index is 921. The second kappa shape index (κ2) is 8.85. The predicted molar refractivity (Wildman–Crippen MR) is 106 cm³/mol. The van der Waals surface area contributed by atoms with Crippen molar-refractivity contribution in [2.45, 2.75) is 37.7 Å². The van der Waals surface area contributed by atoms with Gasteiger partial charge in [-0.1, -0.05) is 31.7 Å². The van der Waals surface area contributed by atoms with Crippen LogP contribution in [0.5, 0.6) is 0 Å². The second-order valence-corrected chi connectivity index (χ2v) is 8.87. The van der Waals surface area contributed by atoms with Gasteiger partial charge >= 0.3 is 0 Å². The third kappa shape index (κ3) is 4.88. The zero-order valence-electron chi connectivity index (χ0n) is 16.2. The van der Waals surface area contributed by atoms with Crippen molar-refractivity contribution in [1.29, 1.82) is 0 Å². The third-order valence-corrected chi connectivity index (χ3v) is 7.28. The normalized spacial score (nSPS) is 11.8. The fraction of sp³-hybridized carbons (Fsp3) is 0.471. The molecular formula is C17H25N5O3S2. The highest BCUT2D eigenvalue weighted by atomic mass is 32.2. The molecule has 1 aromatic carbocycles. The molecule has 10 heteroatoms. The highest BCUT2D eigenvalue weighted by Crippen LogP contribution is 2.23. The van der Waals surface area contributed by atoms with Gasteiger partial charge in [0.1, 0.15) is 5.82 Å². The van der Waals surface area contributed by atoms with Gasteiger partial charge in [0.15, 0.2) is 5.16 Å². The van der Waals surface area contributed by atoms with Gasteiger partial charge in [-0.25, -0.2) is 8.42 Å². The highest BCUT2D eigenvalue weighted by Gasteiger charge is 2.22. The number of nitrogens with zero attached hydrogens (tertiary/aromatic N) is 4. The molecule has 0 saturated heterocycles. The number of benzene rings is 1. The van der Waals surface area contributed by atoms with E-state index < -0.39 is 10.0 Å². The molecule has 27 heavy (non-hydrogen) atoms. The SMILES string of the molecule is CCN(CC)S(=O)(=O)c1ccc(C)c(NC(=O)CSc2nnc(C)n2C)c1. The molecule has 0 atom stereocenters. The standard InChI is InChI=1S/C17H25N5O3S2/c1-6-22(7-2)27(24,25)14-9-8-12(3)15(10-14)18-16(23)11-26-17-20-19-13(4)21(17)5/h8-10H,6-7,11H2,1-5H3,(H,18,23). The van der Waals surface area contributed by atoms with Crippen LogP contribution >= 0.6 is 11.8 Å². The van der Waals surface area contributed by atoms with Gasteiger partial charge in [-0.05, 0) is 31.5 Å². The number of hydrogen-bond donors (Lipinski definition) is 1. The summed E-state index contributed by atoms with van der Waals surface area (Å²) in [5.41, 5.74) is 1.28. The van der Waals surface area contributed by atoms with Gasteiger partial charge in [-0.15, -0.1) is 10.2 Å². The first-order valence-corrected chi connectivity index (χ1v) is 11.0. The summed E-state index contributed by atoms with van der Waals surface area (Å²) in [4.78, 5) is 12.5. The summed E-state index contributed by atoms with van der Waals surface area (Å²) in [6.45, 7) is 8.03. The van der Waals surface area contributed by atoms with Crippen molar-refractivity contribution in [3.8, 4) is 0 Å². The number of carbonyl (C=O) groups is 1. The molecule has 0 unspecified atom stereocenters. The van der Waals surface area contributed by atoms with Gasteiger partial charge in [-0.2, -0.15) is 4.31 Å². The van der Waals surface area contributed by atoms with Gasteiger partial charge in [0.05, 0.1) is 10.6 Å². The topological polar surface area (TPSA) is 97.2 Å². The molecular weight excluding hydrogens is 386 g/mol. The Morgan fingerprint density at radius 1 is 1.22 bits per heavy atom. The van der Waals surface area contributed by atoms with E-state index in [1.807, 2.05) is 20.9 Å². The number of thioether (sulfide) groups is 1. The van der Waals surface area contributed by atoms with Crippen molar-refractivity contribution in [3.63, 3.8) is 0 Å². The number of aromatic nitrogens is 3. The van der Waals surface area contributed by atoms with Crippen LogP contribution in [0, 0.1) is 13.8 Å². The fourth-order valence-electron chi connectivity index (χ4n) is 2.44. The summed E-state index contributed by atoms with van der Waals surface area (Å²) in [6.07, 6.45) is 0.